The van der Waals surface area contributed by atoms with Gasteiger partial charge < -0.3 is 9.66 Å². The predicted molar refractivity (Wildman–Crippen MR) is 102 cm³/mol. The van der Waals surface area contributed by atoms with Gasteiger partial charge in [-0.2, -0.15) is 18.6 Å². The molecule has 0 amide bonds. The second-order valence-electron chi connectivity index (χ2n) is 5.66. The molecule has 0 radical (unpaired) electrons. The number of hydrogen-bond acceptors (Lipinski definition) is 8. The standard InChI is InChI=1S/C16H10Cl2N2O7S2.2Na/c17-12-4-1-9(7-13(12)18)19-20-15-11-3-2-10(28(22,23)24)5-8(11)6-14(16(15)21)29(25,26)27;;/h1-7,21H,(H,22,23,24)(H,25,26,27);;/q;2*+1/p-2. The van der Waals surface area contributed by atoms with Crippen LogP contribution in [0.5, 0.6) is 5.75 Å². The molecular weight excluding hydrogens is 513 g/mol. The first-order valence-corrected chi connectivity index (χ1v) is 11.1. The van der Waals surface area contributed by atoms with Gasteiger partial charge in [0, 0.05) is 5.39 Å². The summed E-state index contributed by atoms with van der Waals surface area (Å²) in [4.78, 5) is -1.70. The average molecular weight is 521 g/mol. The Labute approximate surface area is 231 Å². The fourth-order valence-corrected chi connectivity index (χ4v) is 3.83. The van der Waals surface area contributed by atoms with Crippen LogP contribution in [0.4, 0.5) is 11.4 Å². The SMILES string of the molecule is O=S(=O)([O-])c1ccc2c(N=Nc3ccc(Cl)c(Cl)c3)c([O-])c(S(=O)(=O)O)cc2c1.[Na+].[Na+]. The molecule has 0 aromatic heterocycles. The van der Waals surface area contributed by atoms with Crippen LogP contribution < -0.4 is 64.2 Å². The van der Waals surface area contributed by atoms with Crippen LogP contribution in [0.3, 0.4) is 0 Å². The van der Waals surface area contributed by atoms with Crippen LogP contribution in [0.25, 0.3) is 10.8 Å². The zero-order chi connectivity index (χ0) is 21.6. The van der Waals surface area contributed by atoms with Crippen molar-refractivity contribution in [3.05, 3.63) is 52.5 Å². The molecule has 3 rings (SSSR count). The van der Waals surface area contributed by atoms with Gasteiger partial charge in [0.2, 0.25) is 0 Å². The zero-order valence-electron chi connectivity index (χ0n) is 15.9. The Morgan fingerprint density at radius 2 is 1.52 bits per heavy atom. The fourth-order valence-electron chi connectivity index (χ4n) is 2.42. The van der Waals surface area contributed by atoms with E-state index in [1.807, 2.05) is 0 Å². The molecule has 0 aliphatic rings. The number of benzene rings is 3. The molecule has 1 N–H and O–H groups in total. The van der Waals surface area contributed by atoms with Crippen LogP contribution in [0.15, 0.2) is 62.5 Å². The van der Waals surface area contributed by atoms with E-state index in [1.165, 1.54) is 18.2 Å². The molecule has 3 aromatic rings. The first-order chi connectivity index (χ1) is 13.4. The molecule has 0 saturated carbocycles. The molecule has 0 atom stereocenters. The Morgan fingerprint density at radius 3 is 2.06 bits per heavy atom. The van der Waals surface area contributed by atoms with E-state index in [2.05, 4.69) is 10.2 Å². The number of nitrogens with zero attached hydrogens (tertiary/aromatic N) is 2. The maximum absolute atomic E-state index is 12.5. The predicted octanol–water partition coefficient (Wildman–Crippen LogP) is -2.21. The molecule has 15 heteroatoms. The van der Waals surface area contributed by atoms with Crippen LogP contribution in [0, 0.1) is 0 Å². The van der Waals surface area contributed by atoms with Crippen molar-refractivity contribution < 1.29 is 90.2 Å². The molecule has 0 fully saturated rings. The van der Waals surface area contributed by atoms with Gasteiger partial charge >= 0.3 is 59.1 Å². The number of halogens is 2. The Balaban J connectivity index is 0.00000240. The van der Waals surface area contributed by atoms with Gasteiger partial charge in [-0.05, 0) is 41.8 Å². The topological polar surface area (TPSA) is 159 Å². The van der Waals surface area contributed by atoms with Gasteiger partial charge in [-0.3, -0.25) is 4.55 Å². The molecule has 0 bridgehead atoms. The number of fused-ring (bicyclic) bond motifs is 1. The zero-order valence-corrected chi connectivity index (χ0v) is 23.0. The Bertz CT molecular complexity index is 1400. The molecular formula is C16H8Cl2N2Na2O7S2. The molecule has 3 aromatic carbocycles. The summed E-state index contributed by atoms with van der Waals surface area (Å²) in [5.74, 6) is -1.17. The van der Waals surface area contributed by atoms with Gasteiger partial charge in [0.05, 0.1) is 31.2 Å². The minimum atomic E-state index is -4.97. The van der Waals surface area contributed by atoms with Crippen molar-refractivity contribution >= 4 is 65.6 Å². The maximum Gasteiger partial charge on any atom is 1.00 e. The van der Waals surface area contributed by atoms with Gasteiger partial charge in [-0.15, -0.1) is 0 Å². The molecule has 0 saturated heterocycles. The molecule has 0 spiro atoms. The van der Waals surface area contributed by atoms with Crippen LogP contribution >= 0.6 is 23.2 Å². The second-order valence-corrected chi connectivity index (χ2v) is 9.25. The van der Waals surface area contributed by atoms with Crippen molar-refractivity contribution in [2.45, 2.75) is 9.79 Å². The van der Waals surface area contributed by atoms with Crippen LogP contribution in [0.1, 0.15) is 0 Å². The second kappa shape index (κ2) is 10.8. The summed E-state index contributed by atoms with van der Waals surface area (Å²) < 4.78 is 66.1. The van der Waals surface area contributed by atoms with Gasteiger partial charge in [-0.1, -0.05) is 35.0 Å². The van der Waals surface area contributed by atoms with Crippen LogP contribution in [0.2, 0.25) is 10.0 Å². The first kappa shape index (κ1) is 28.8. The molecule has 0 heterocycles. The number of rotatable bonds is 4. The number of azo groups is 1. The monoisotopic (exact) mass is 520 g/mol. The fraction of sp³-hybridized carbons (Fsp3) is 0. The third-order valence-corrected chi connectivity index (χ3v) is 6.17. The molecule has 31 heavy (non-hydrogen) atoms. The van der Waals surface area contributed by atoms with E-state index in [0.29, 0.717) is 0 Å². The normalized spacial score (nSPS) is 11.9. The van der Waals surface area contributed by atoms with Crippen molar-refractivity contribution in [3.8, 4) is 5.75 Å². The van der Waals surface area contributed by atoms with Gasteiger partial charge in [-0.25, -0.2) is 8.42 Å². The summed E-state index contributed by atoms with van der Waals surface area (Å²) in [7, 11) is -9.82. The summed E-state index contributed by atoms with van der Waals surface area (Å²) in [6, 6.07) is 7.86. The van der Waals surface area contributed by atoms with Crippen molar-refractivity contribution in [2.24, 2.45) is 10.2 Å². The van der Waals surface area contributed by atoms with E-state index in [9.17, 15) is 31.0 Å². The Hall–Kier alpha value is -0.280. The van der Waals surface area contributed by atoms with E-state index >= 15 is 0 Å². The van der Waals surface area contributed by atoms with Crippen LogP contribution in [-0.2, 0) is 20.2 Å². The van der Waals surface area contributed by atoms with Crippen molar-refractivity contribution in [1.82, 2.24) is 0 Å². The van der Waals surface area contributed by atoms with E-state index in [1.54, 1.807) is 0 Å². The Morgan fingerprint density at radius 1 is 0.871 bits per heavy atom. The summed E-state index contributed by atoms with van der Waals surface area (Å²) in [5.41, 5.74) is -0.306. The summed E-state index contributed by atoms with van der Waals surface area (Å²) >= 11 is 11.7. The molecule has 0 unspecified atom stereocenters. The van der Waals surface area contributed by atoms with Gasteiger partial charge in [0.15, 0.2) is 0 Å². The minimum absolute atomic E-state index is 0. The molecule has 0 aliphatic heterocycles. The van der Waals surface area contributed by atoms with Crippen LogP contribution in [-0.4, -0.2) is 25.9 Å². The third-order valence-electron chi connectivity index (χ3n) is 3.74. The maximum atomic E-state index is 12.5. The molecule has 0 aliphatic carbocycles. The van der Waals surface area contributed by atoms with E-state index < -0.39 is 41.5 Å². The largest absolute Gasteiger partial charge is 1.00 e. The molecule has 152 valence electrons. The average Bonchev–Trinajstić information content (AvgIpc) is 2.61. The van der Waals surface area contributed by atoms with E-state index in [-0.39, 0.29) is 85.6 Å². The van der Waals surface area contributed by atoms with Crippen molar-refractivity contribution in [1.29, 1.82) is 0 Å². The summed E-state index contributed by atoms with van der Waals surface area (Å²) in [6.45, 7) is 0. The first-order valence-electron chi connectivity index (χ1n) is 7.46. The number of hydrogen-bond donors (Lipinski definition) is 1. The summed E-state index contributed by atoms with van der Waals surface area (Å²) in [5, 5.41) is 20.4. The van der Waals surface area contributed by atoms with E-state index in [0.717, 1.165) is 24.3 Å². The quantitative estimate of drug-likeness (QED) is 0.232. The summed E-state index contributed by atoms with van der Waals surface area (Å²) in [6.07, 6.45) is 0. The smallest absolute Gasteiger partial charge is 0.870 e. The third kappa shape index (κ3) is 6.62. The van der Waals surface area contributed by atoms with Gasteiger partial charge in [0.25, 0.3) is 10.1 Å². The minimum Gasteiger partial charge on any atom is -0.870 e. The van der Waals surface area contributed by atoms with Crippen molar-refractivity contribution in [2.75, 3.05) is 0 Å². The van der Waals surface area contributed by atoms with E-state index in [4.69, 9.17) is 23.2 Å². The van der Waals surface area contributed by atoms with Crippen molar-refractivity contribution in [3.63, 3.8) is 0 Å². The van der Waals surface area contributed by atoms with Gasteiger partial charge in [0.1, 0.15) is 10.1 Å². The Kier molecular flexibility index (Phi) is 9.98. The molecule has 9 nitrogen and oxygen atoms in total.